The molecule has 1 aromatic heterocycles. The normalized spacial score (nSPS) is 17.7. The maximum Gasteiger partial charge on any atom is 0.0693 e. The van der Waals surface area contributed by atoms with Crippen molar-refractivity contribution in [2.75, 3.05) is 7.11 Å². The zero-order chi connectivity index (χ0) is 10.6. The molecule has 1 rings (SSSR count). The van der Waals surface area contributed by atoms with E-state index < -0.39 is 0 Å². The monoisotopic (exact) mass is 197 g/mol. The molecule has 0 radical (unpaired) electrons. The van der Waals surface area contributed by atoms with Crippen LogP contribution in [0.3, 0.4) is 0 Å². The summed E-state index contributed by atoms with van der Waals surface area (Å²) in [6, 6.07) is 0.617. The first-order chi connectivity index (χ1) is 6.65. The summed E-state index contributed by atoms with van der Waals surface area (Å²) in [5.41, 5.74) is 1.17. The van der Waals surface area contributed by atoms with Crippen LogP contribution < -0.4 is 5.32 Å². The van der Waals surface area contributed by atoms with Gasteiger partial charge in [0.15, 0.2) is 0 Å². The number of nitrogens with one attached hydrogen (secondary N) is 2. The van der Waals surface area contributed by atoms with Crippen LogP contribution in [0.1, 0.15) is 32.4 Å². The summed E-state index contributed by atoms with van der Waals surface area (Å²) >= 11 is 0. The van der Waals surface area contributed by atoms with E-state index in [2.05, 4.69) is 36.3 Å². The highest BCUT2D eigenvalue weighted by molar-refractivity contribution is 5.08. The van der Waals surface area contributed by atoms with Gasteiger partial charge < -0.3 is 10.1 Å². The number of rotatable bonds is 5. The number of H-pyrrole nitrogens is 1. The molecule has 0 fully saturated rings. The van der Waals surface area contributed by atoms with E-state index in [-0.39, 0.29) is 6.10 Å². The average molecular weight is 197 g/mol. The Hall–Kier alpha value is -0.870. The highest BCUT2D eigenvalue weighted by Crippen LogP contribution is 2.11. The molecule has 80 valence electrons. The summed E-state index contributed by atoms with van der Waals surface area (Å²) in [7, 11) is 1.73. The molecule has 3 unspecified atom stereocenters. The number of nitrogens with zero attached hydrogens (tertiary/aromatic N) is 1. The fourth-order valence-electron chi connectivity index (χ4n) is 1.33. The van der Waals surface area contributed by atoms with Gasteiger partial charge in [-0.25, -0.2) is 0 Å². The Kier molecular flexibility index (Phi) is 4.10. The minimum Gasteiger partial charge on any atom is -0.380 e. The Morgan fingerprint density at radius 2 is 2.14 bits per heavy atom. The Morgan fingerprint density at radius 1 is 1.43 bits per heavy atom. The molecule has 0 aliphatic carbocycles. The standard InChI is InChI=1S/C10H19N3O/c1-7(9(3)14-4)13-8(2)10-5-11-12-6-10/h5-9,13H,1-4H3,(H,11,12). The third kappa shape index (κ3) is 2.82. The van der Waals surface area contributed by atoms with Crippen LogP contribution in [-0.4, -0.2) is 29.5 Å². The molecule has 4 heteroatoms. The van der Waals surface area contributed by atoms with Gasteiger partial charge >= 0.3 is 0 Å². The summed E-state index contributed by atoms with van der Waals surface area (Å²) in [5, 5.41) is 10.2. The van der Waals surface area contributed by atoms with Crippen LogP contribution in [0.15, 0.2) is 12.4 Å². The van der Waals surface area contributed by atoms with Crippen molar-refractivity contribution in [2.24, 2.45) is 0 Å². The van der Waals surface area contributed by atoms with E-state index in [1.165, 1.54) is 5.56 Å². The highest BCUT2D eigenvalue weighted by atomic mass is 16.5. The van der Waals surface area contributed by atoms with Gasteiger partial charge in [-0.3, -0.25) is 5.10 Å². The molecule has 0 bridgehead atoms. The fourth-order valence-corrected chi connectivity index (χ4v) is 1.33. The Balaban J connectivity index is 2.44. The Labute approximate surface area is 85.0 Å². The van der Waals surface area contributed by atoms with Gasteiger partial charge in [-0.05, 0) is 20.8 Å². The number of hydrogen-bond donors (Lipinski definition) is 2. The molecular formula is C10H19N3O. The first-order valence-electron chi connectivity index (χ1n) is 4.92. The fraction of sp³-hybridized carbons (Fsp3) is 0.700. The van der Waals surface area contributed by atoms with E-state index >= 15 is 0 Å². The van der Waals surface area contributed by atoms with Crippen LogP contribution in [0.4, 0.5) is 0 Å². The summed E-state index contributed by atoms with van der Waals surface area (Å²) in [4.78, 5) is 0. The van der Waals surface area contributed by atoms with Crippen molar-refractivity contribution >= 4 is 0 Å². The molecule has 0 aromatic carbocycles. The summed E-state index contributed by atoms with van der Waals surface area (Å²) in [6.45, 7) is 6.29. The van der Waals surface area contributed by atoms with Crippen molar-refractivity contribution in [3.05, 3.63) is 18.0 Å². The molecule has 0 aliphatic rings. The van der Waals surface area contributed by atoms with Crippen molar-refractivity contribution in [3.63, 3.8) is 0 Å². The zero-order valence-electron chi connectivity index (χ0n) is 9.24. The second kappa shape index (κ2) is 5.12. The molecule has 3 atom stereocenters. The summed E-state index contributed by atoms with van der Waals surface area (Å²) in [5.74, 6) is 0. The predicted octanol–water partition coefficient (Wildman–Crippen LogP) is 1.48. The molecule has 0 saturated heterocycles. The second-order valence-electron chi connectivity index (χ2n) is 3.65. The predicted molar refractivity (Wildman–Crippen MR) is 56.1 cm³/mol. The van der Waals surface area contributed by atoms with Crippen LogP contribution in [0.2, 0.25) is 0 Å². The van der Waals surface area contributed by atoms with Gasteiger partial charge in [0, 0.05) is 31.0 Å². The van der Waals surface area contributed by atoms with Crippen LogP contribution in [0.25, 0.3) is 0 Å². The SMILES string of the molecule is COC(C)C(C)NC(C)c1cn[nH]c1. The molecule has 1 aromatic rings. The molecule has 4 nitrogen and oxygen atoms in total. The van der Waals surface area contributed by atoms with Crippen LogP contribution in [0, 0.1) is 0 Å². The third-order valence-corrected chi connectivity index (χ3v) is 2.61. The first kappa shape index (κ1) is 11.2. The lowest BCUT2D eigenvalue weighted by Crippen LogP contribution is -2.38. The molecule has 2 N–H and O–H groups in total. The van der Waals surface area contributed by atoms with Crippen LogP contribution in [-0.2, 0) is 4.74 Å². The number of ether oxygens (including phenoxy) is 1. The van der Waals surface area contributed by atoms with Gasteiger partial charge in [0.25, 0.3) is 0 Å². The molecule has 14 heavy (non-hydrogen) atoms. The molecule has 1 heterocycles. The first-order valence-corrected chi connectivity index (χ1v) is 4.92. The number of aromatic amines is 1. The Bertz CT molecular complexity index is 248. The topological polar surface area (TPSA) is 49.9 Å². The molecular weight excluding hydrogens is 178 g/mol. The zero-order valence-corrected chi connectivity index (χ0v) is 9.24. The second-order valence-corrected chi connectivity index (χ2v) is 3.65. The van der Waals surface area contributed by atoms with E-state index in [0.717, 1.165) is 0 Å². The molecule has 0 spiro atoms. The van der Waals surface area contributed by atoms with Crippen molar-refractivity contribution < 1.29 is 4.74 Å². The van der Waals surface area contributed by atoms with Crippen LogP contribution in [0.5, 0.6) is 0 Å². The lowest BCUT2D eigenvalue weighted by Gasteiger charge is -2.23. The maximum atomic E-state index is 5.24. The third-order valence-electron chi connectivity index (χ3n) is 2.61. The molecule has 0 saturated carbocycles. The molecule has 0 aliphatic heterocycles. The van der Waals surface area contributed by atoms with E-state index in [9.17, 15) is 0 Å². The minimum atomic E-state index is 0.212. The highest BCUT2D eigenvalue weighted by Gasteiger charge is 2.14. The van der Waals surface area contributed by atoms with Gasteiger partial charge in [0.2, 0.25) is 0 Å². The van der Waals surface area contributed by atoms with Gasteiger partial charge in [-0.15, -0.1) is 0 Å². The largest absolute Gasteiger partial charge is 0.380 e. The number of aromatic nitrogens is 2. The average Bonchev–Trinajstić information content (AvgIpc) is 2.69. The molecule has 0 amide bonds. The van der Waals surface area contributed by atoms with E-state index in [0.29, 0.717) is 12.1 Å². The van der Waals surface area contributed by atoms with Gasteiger partial charge in [-0.1, -0.05) is 0 Å². The van der Waals surface area contributed by atoms with Gasteiger partial charge in [0.1, 0.15) is 0 Å². The quantitative estimate of drug-likeness (QED) is 0.751. The van der Waals surface area contributed by atoms with Gasteiger partial charge in [0.05, 0.1) is 12.3 Å². The lowest BCUT2D eigenvalue weighted by atomic mass is 10.1. The van der Waals surface area contributed by atoms with Crippen LogP contribution >= 0.6 is 0 Å². The summed E-state index contributed by atoms with van der Waals surface area (Å²) < 4.78 is 5.24. The van der Waals surface area contributed by atoms with Crippen molar-refractivity contribution in [3.8, 4) is 0 Å². The Morgan fingerprint density at radius 3 is 2.64 bits per heavy atom. The van der Waals surface area contributed by atoms with E-state index in [1.54, 1.807) is 7.11 Å². The lowest BCUT2D eigenvalue weighted by molar-refractivity contribution is 0.0852. The van der Waals surface area contributed by atoms with E-state index in [1.807, 2.05) is 12.4 Å². The maximum absolute atomic E-state index is 5.24. The number of hydrogen-bond acceptors (Lipinski definition) is 3. The summed E-state index contributed by atoms with van der Waals surface area (Å²) in [6.07, 6.45) is 3.95. The van der Waals surface area contributed by atoms with Crippen molar-refractivity contribution in [1.29, 1.82) is 0 Å². The number of methoxy groups -OCH3 is 1. The van der Waals surface area contributed by atoms with Crippen molar-refractivity contribution in [1.82, 2.24) is 15.5 Å². The minimum absolute atomic E-state index is 0.212. The van der Waals surface area contributed by atoms with E-state index in [4.69, 9.17) is 4.74 Å². The van der Waals surface area contributed by atoms with Crippen molar-refractivity contribution in [2.45, 2.75) is 39.0 Å². The van der Waals surface area contributed by atoms with Gasteiger partial charge in [-0.2, -0.15) is 5.10 Å². The smallest absolute Gasteiger partial charge is 0.0693 e.